The van der Waals surface area contributed by atoms with Gasteiger partial charge in [0, 0.05) is 0 Å². The Balaban J connectivity index is 0.000000263. The van der Waals surface area contributed by atoms with Crippen molar-refractivity contribution in [2.45, 2.75) is 25.7 Å². The fourth-order valence-corrected chi connectivity index (χ4v) is 2.78. The second-order valence-electron chi connectivity index (χ2n) is 5.70. The van der Waals surface area contributed by atoms with Crippen molar-refractivity contribution in [3.05, 3.63) is 35.4 Å². The van der Waals surface area contributed by atoms with Crippen molar-refractivity contribution >= 4 is 23.9 Å². The van der Waals surface area contributed by atoms with Crippen LogP contribution in [-0.2, 0) is 19.1 Å². The van der Waals surface area contributed by atoms with Crippen molar-refractivity contribution in [3.8, 4) is 0 Å². The van der Waals surface area contributed by atoms with Crippen LogP contribution in [0.3, 0.4) is 0 Å². The molecule has 2 atom stereocenters. The first-order valence-corrected chi connectivity index (χ1v) is 8.04. The SMILES string of the molecule is COC(=O)c1ccccc1C(=O)OC.O=C(O)C1CCCCC1C(=O)O. The van der Waals surface area contributed by atoms with Crippen LogP contribution in [0.1, 0.15) is 46.4 Å². The first-order valence-electron chi connectivity index (χ1n) is 8.04. The number of hydrogen-bond donors (Lipinski definition) is 2. The first kappa shape index (κ1) is 21.1. The molecule has 0 aromatic heterocycles. The van der Waals surface area contributed by atoms with Gasteiger partial charge < -0.3 is 19.7 Å². The molecule has 1 saturated carbocycles. The summed E-state index contributed by atoms with van der Waals surface area (Å²) in [6.45, 7) is 0. The Bertz CT molecular complexity index is 610. The Morgan fingerprint density at radius 2 is 1.15 bits per heavy atom. The highest BCUT2D eigenvalue weighted by Crippen LogP contribution is 2.30. The van der Waals surface area contributed by atoms with E-state index in [9.17, 15) is 19.2 Å². The molecule has 1 aromatic carbocycles. The van der Waals surface area contributed by atoms with Crippen LogP contribution < -0.4 is 0 Å². The minimum Gasteiger partial charge on any atom is -0.481 e. The number of carbonyl (C=O) groups is 4. The fraction of sp³-hybridized carbons (Fsp3) is 0.444. The van der Waals surface area contributed by atoms with Crippen molar-refractivity contribution in [1.29, 1.82) is 0 Å². The average molecular weight is 366 g/mol. The van der Waals surface area contributed by atoms with Crippen LogP contribution in [0.15, 0.2) is 24.3 Å². The third kappa shape index (κ3) is 5.58. The lowest BCUT2D eigenvalue weighted by Crippen LogP contribution is -2.32. The summed E-state index contributed by atoms with van der Waals surface area (Å²) in [7, 11) is 2.52. The number of ether oxygens (including phenoxy) is 2. The lowest BCUT2D eigenvalue weighted by molar-refractivity contribution is -0.155. The second-order valence-corrected chi connectivity index (χ2v) is 5.70. The van der Waals surface area contributed by atoms with E-state index in [-0.39, 0.29) is 11.1 Å². The van der Waals surface area contributed by atoms with Gasteiger partial charge in [0.25, 0.3) is 0 Å². The number of hydrogen-bond acceptors (Lipinski definition) is 6. The number of carbonyl (C=O) groups excluding carboxylic acids is 2. The summed E-state index contributed by atoms with van der Waals surface area (Å²) in [5.74, 6) is -4.38. The largest absolute Gasteiger partial charge is 0.481 e. The Hall–Kier alpha value is -2.90. The topological polar surface area (TPSA) is 127 Å². The van der Waals surface area contributed by atoms with E-state index in [2.05, 4.69) is 9.47 Å². The zero-order chi connectivity index (χ0) is 19.7. The summed E-state index contributed by atoms with van der Waals surface area (Å²) < 4.78 is 9.05. The van der Waals surface area contributed by atoms with Crippen molar-refractivity contribution in [1.82, 2.24) is 0 Å². The maximum Gasteiger partial charge on any atom is 0.338 e. The maximum atomic E-state index is 11.2. The first-order chi connectivity index (χ1) is 12.3. The minimum absolute atomic E-state index is 0.210. The van der Waals surface area contributed by atoms with Crippen LogP contribution in [0.2, 0.25) is 0 Å². The molecule has 1 aliphatic rings. The van der Waals surface area contributed by atoms with Gasteiger partial charge in [-0.25, -0.2) is 9.59 Å². The molecular weight excluding hydrogens is 344 g/mol. The summed E-state index contributed by atoms with van der Waals surface area (Å²) in [6, 6.07) is 6.33. The summed E-state index contributed by atoms with van der Waals surface area (Å²) in [5, 5.41) is 17.4. The van der Waals surface area contributed by atoms with E-state index in [0.29, 0.717) is 12.8 Å². The zero-order valence-corrected chi connectivity index (χ0v) is 14.6. The Labute approximate surface area is 150 Å². The van der Waals surface area contributed by atoms with Crippen LogP contribution in [0.4, 0.5) is 0 Å². The van der Waals surface area contributed by atoms with E-state index in [4.69, 9.17) is 10.2 Å². The van der Waals surface area contributed by atoms with Crippen molar-refractivity contribution in [3.63, 3.8) is 0 Å². The molecule has 0 spiro atoms. The van der Waals surface area contributed by atoms with Crippen LogP contribution in [0, 0.1) is 11.8 Å². The molecular formula is C18H22O8. The summed E-state index contributed by atoms with van der Waals surface area (Å²) >= 11 is 0. The fourth-order valence-electron chi connectivity index (χ4n) is 2.78. The molecule has 1 aromatic rings. The predicted molar refractivity (Wildman–Crippen MR) is 89.8 cm³/mol. The van der Waals surface area contributed by atoms with Crippen LogP contribution in [0.25, 0.3) is 0 Å². The van der Waals surface area contributed by atoms with Gasteiger partial charge in [0.2, 0.25) is 0 Å². The molecule has 8 nitrogen and oxygen atoms in total. The van der Waals surface area contributed by atoms with Gasteiger partial charge in [-0.1, -0.05) is 25.0 Å². The van der Waals surface area contributed by atoms with Gasteiger partial charge in [0.15, 0.2) is 0 Å². The number of carboxylic acids is 2. The summed E-state index contributed by atoms with van der Waals surface area (Å²) in [4.78, 5) is 43.7. The minimum atomic E-state index is -0.970. The van der Waals surface area contributed by atoms with Gasteiger partial charge in [0.1, 0.15) is 0 Å². The van der Waals surface area contributed by atoms with Crippen LogP contribution in [-0.4, -0.2) is 48.3 Å². The number of esters is 2. The monoisotopic (exact) mass is 366 g/mol. The number of carboxylic acid groups (broad SMARTS) is 2. The molecule has 8 heteroatoms. The number of aliphatic carboxylic acids is 2. The van der Waals surface area contributed by atoms with Gasteiger partial charge in [-0.15, -0.1) is 0 Å². The maximum absolute atomic E-state index is 11.2. The lowest BCUT2D eigenvalue weighted by atomic mass is 9.79. The van der Waals surface area contributed by atoms with Gasteiger partial charge in [-0.05, 0) is 25.0 Å². The third-order valence-corrected chi connectivity index (χ3v) is 4.14. The molecule has 2 N–H and O–H groups in total. The second kappa shape index (κ2) is 10.2. The number of methoxy groups -OCH3 is 2. The number of benzene rings is 1. The molecule has 26 heavy (non-hydrogen) atoms. The molecule has 0 aliphatic heterocycles. The number of rotatable bonds is 4. The quantitative estimate of drug-likeness (QED) is 0.777. The van der Waals surface area contributed by atoms with Gasteiger partial charge in [-0.3, -0.25) is 9.59 Å². The Kier molecular flexibility index (Phi) is 8.27. The van der Waals surface area contributed by atoms with Crippen molar-refractivity contribution in [2.24, 2.45) is 11.8 Å². The molecule has 2 rings (SSSR count). The van der Waals surface area contributed by atoms with E-state index in [1.54, 1.807) is 12.1 Å². The molecule has 142 valence electrons. The van der Waals surface area contributed by atoms with E-state index < -0.39 is 35.7 Å². The summed E-state index contributed by atoms with van der Waals surface area (Å²) in [6.07, 6.45) is 2.68. The average Bonchev–Trinajstić information content (AvgIpc) is 2.67. The van der Waals surface area contributed by atoms with E-state index in [1.807, 2.05) is 0 Å². The van der Waals surface area contributed by atoms with Crippen molar-refractivity contribution < 1.29 is 38.9 Å². The molecule has 0 saturated heterocycles. The normalized spacial score (nSPS) is 18.7. The molecule has 0 radical (unpaired) electrons. The van der Waals surface area contributed by atoms with E-state index in [1.165, 1.54) is 26.4 Å². The van der Waals surface area contributed by atoms with Gasteiger partial charge >= 0.3 is 23.9 Å². The van der Waals surface area contributed by atoms with Gasteiger partial charge in [0.05, 0.1) is 37.2 Å². The standard InChI is InChI=1S/C10H10O4.C8H12O4/c1-13-9(11)7-5-3-4-6-8(7)10(12)14-2;9-7(10)5-3-1-2-4-6(5)8(11)12/h3-6H,1-2H3;5-6H,1-4H2,(H,9,10)(H,11,12). The molecule has 1 aliphatic carbocycles. The van der Waals surface area contributed by atoms with Crippen molar-refractivity contribution in [2.75, 3.05) is 14.2 Å². The van der Waals surface area contributed by atoms with E-state index in [0.717, 1.165) is 12.8 Å². The Morgan fingerprint density at radius 1 is 0.808 bits per heavy atom. The highest BCUT2D eigenvalue weighted by atomic mass is 16.5. The Morgan fingerprint density at radius 3 is 1.42 bits per heavy atom. The van der Waals surface area contributed by atoms with Crippen LogP contribution in [0.5, 0.6) is 0 Å². The van der Waals surface area contributed by atoms with E-state index >= 15 is 0 Å². The zero-order valence-electron chi connectivity index (χ0n) is 14.6. The van der Waals surface area contributed by atoms with Gasteiger partial charge in [-0.2, -0.15) is 0 Å². The third-order valence-electron chi connectivity index (χ3n) is 4.14. The predicted octanol–water partition coefficient (Wildman–Crippen LogP) is 2.22. The highest BCUT2D eigenvalue weighted by Gasteiger charge is 2.35. The highest BCUT2D eigenvalue weighted by molar-refractivity contribution is 6.03. The lowest BCUT2D eigenvalue weighted by Gasteiger charge is -2.24. The molecule has 0 heterocycles. The van der Waals surface area contributed by atoms with Crippen LogP contribution >= 0.6 is 0 Å². The molecule has 0 bridgehead atoms. The summed E-state index contributed by atoms with van der Waals surface area (Å²) in [5.41, 5.74) is 0.420. The molecule has 2 unspecified atom stereocenters. The smallest absolute Gasteiger partial charge is 0.338 e. The molecule has 1 fully saturated rings. The molecule has 0 amide bonds.